The molecule has 0 aromatic heterocycles. The summed E-state index contributed by atoms with van der Waals surface area (Å²) in [5, 5.41) is 0.431. The SMILES string of the molecule is C=S1(=O)NC(=O)c2ccc3c(c2)N(C[C@@H]2CC[C@H]2[C@@H](OCCN2CCOCC2)/C=C/[C@H](C)[C@H](C)[C@H]1C)C[C@@]1(CCCc2cc(Cl)ccc21)CO3. The number of morpholine rings is 1. The maximum absolute atomic E-state index is 14.0. The van der Waals surface area contributed by atoms with Gasteiger partial charge in [0.2, 0.25) is 0 Å². The molecule has 0 radical (unpaired) electrons. The lowest BCUT2D eigenvalue weighted by atomic mass is 9.68. The molecule has 2 bridgehead atoms. The first-order valence-corrected chi connectivity index (χ1v) is 20.8. The lowest BCUT2D eigenvalue weighted by Crippen LogP contribution is -2.50. The van der Waals surface area contributed by atoms with Crippen molar-refractivity contribution < 1.29 is 23.2 Å². The van der Waals surface area contributed by atoms with Gasteiger partial charge in [-0.05, 0) is 110 Å². The Kier molecular flexibility index (Phi) is 10.6. The topological polar surface area (TPSA) is 80.3 Å². The van der Waals surface area contributed by atoms with Gasteiger partial charge in [-0.2, -0.15) is 0 Å². The number of fused-ring (bicyclic) bond motifs is 4. The number of carbonyl (C=O) groups excluding carboxylic acids is 1. The predicted molar refractivity (Wildman–Crippen MR) is 203 cm³/mol. The van der Waals surface area contributed by atoms with Crippen LogP contribution in [0.25, 0.3) is 0 Å². The Morgan fingerprint density at radius 1 is 1.10 bits per heavy atom. The molecule has 1 N–H and O–H groups in total. The van der Waals surface area contributed by atoms with E-state index in [1.54, 1.807) is 6.07 Å². The van der Waals surface area contributed by atoms with Crippen molar-refractivity contribution in [3.8, 4) is 5.75 Å². The number of benzene rings is 2. The average Bonchev–Trinajstić information content (AvgIpc) is 3.24. The van der Waals surface area contributed by atoms with Gasteiger partial charge < -0.3 is 19.1 Å². The molecular weight excluding hydrogens is 670 g/mol. The van der Waals surface area contributed by atoms with Crippen LogP contribution in [-0.4, -0.2) is 91.4 Å². The molecule has 2 fully saturated rings. The summed E-state index contributed by atoms with van der Waals surface area (Å²) in [6, 6.07) is 12.0. The second kappa shape index (κ2) is 14.8. The number of rotatable bonds is 4. The Hall–Kier alpha value is -2.56. The molecule has 1 spiro atoms. The van der Waals surface area contributed by atoms with Crippen molar-refractivity contribution in [2.75, 3.05) is 64.1 Å². The molecule has 7 rings (SSSR count). The number of hydrogen-bond donors (Lipinski definition) is 1. The monoisotopic (exact) mass is 723 g/mol. The second-order valence-electron chi connectivity index (χ2n) is 15.5. The molecule has 1 unspecified atom stereocenters. The predicted octanol–water partition coefficient (Wildman–Crippen LogP) is 6.15. The molecule has 2 aliphatic carbocycles. The summed E-state index contributed by atoms with van der Waals surface area (Å²) in [7, 11) is -2.95. The van der Waals surface area contributed by atoms with Crippen molar-refractivity contribution in [3.05, 3.63) is 70.3 Å². The van der Waals surface area contributed by atoms with Crippen LogP contribution in [0, 0.1) is 23.7 Å². The van der Waals surface area contributed by atoms with Crippen molar-refractivity contribution in [1.29, 1.82) is 0 Å². The first kappa shape index (κ1) is 35.8. The molecule has 8 atom stereocenters. The van der Waals surface area contributed by atoms with Crippen molar-refractivity contribution in [3.63, 3.8) is 0 Å². The standard InChI is InChI=1S/C40H54ClN3O5S/c1-27-7-13-37(48-21-18-43-16-19-47-20-17-43)34-11-8-32(34)24-44-25-40(15-5-6-30-22-33(41)10-12-35(30)40)26-49-38-14-9-31(23-36(38)44)39(45)42-50(4,46)29(3)28(27)2/h7,9-10,12-14,22-23,27-29,32,34,37H,4-6,8,11,15-21,24-26H2,1-3H3,(H,42,45,46)/b13-7+/t27-,28-,29+,32-,34+,37-,40-,50?/m0/s1. The minimum atomic E-state index is -2.95. The highest BCUT2D eigenvalue weighted by molar-refractivity contribution is 7.99. The Labute approximate surface area is 304 Å². The normalized spacial score (nSPS) is 35.5. The van der Waals surface area contributed by atoms with E-state index < -0.39 is 9.71 Å². The van der Waals surface area contributed by atoms with E-state index in [1.165, 1.54) is 11.1 Å². The first-order chi connectivity index (χ1) is 24.0. The first-order valence-electron chi connectivity index (χ1n) is 18.6. The zero-order valence-corrected chi connectivity index (χ0v) is 31.5. The van der Waals surface area contributed by atoms with Gasteiger partial charge >= 0.3 is 0 Å². The summed E-state index contributed by atoms with van der Waals surface area (Å²) in [6.07, 6.45) is 9.83. The molecule has 1 saturated heterocycles. The Morgan fingerprint density at radius 3 is 2.70 bits per heavy atom. The molecule has 3 aliphatic heterocycles. The fourth-order valence-corrected chi connectivity index (χ4v) is 10.6. The molecule has 2 aromatic rings. The number of amides is 1. The summed E-state index contributed by atoms with van der Waals surface area (Å²) in [5.41, 5.74) is 3.79. The summed E-state index contributed by atoms with van der Waals surface area (Å²) < 4.78 is 35.9. The summed E-state index contributed by atoms with van der Waals surface area (Å²) in [6.45, 7) is 13.4. The van der Waals surface area contributed by atoms with Gasteiger partial charge in [0.05, 0.1) is 47.9 Å². The van der Waals surface area contributed by atoms with Crippen LogP contribution in [0.5, 0.6) is 5.75 Å². The number of anilines is 1. The minimum Gasteiger partial charge on any atom is -0.490 e. The van der Waals surface area contributed by atoms with Gasteiger partial charge in [0.15, 0.2) is 0 Å². The largest absolute Gasteiger partial charge is 0.490 e. The quantitative estimate of drug-likeness (QED) is 0.300. The van der Waals surface area contributed by atoms with Crippen LogP contribution in [0.3, 0.4) is 0 Å². The third-order valence-electron chi connectivity index (χ3n) is 12.5. The Morgan fingerprint density at radius 2 is 1.92 bits per heavy atom. The number of allylic oxidation sites excluding steroid dienone is 1. The number of ether oxygens (including phenoxy) is 3. The van der Waals surface area contributed by atoms with E-state index in [4.69, 9.17) is 25.8 Å². The van der Waals surface area contributed by atoms with Gasteiger partial charge in [-0.15, -0.1) is 0 Å². The molecule has 272 valence electrons. The smallest absolute Gasteiger partial charge is 0.262 e. The van der Waals surface area contributed by atoms with E-state index in [2.05, 4.69) is 58.5 Å². The number of halogens is 1. The lowest BCUT2D eigenvalue weighted by molar-refractivity contribution is -0.0316. The Bertz CT molecular complexity index is 1690. The zero-order valence-electron chi connectivity index (χ0n) is 29.9. The third-order valence-corrected chi connectivity index (χ3v) is 14.9. The van der Waals surface area contributed by atoms with E-state index in [9.17, 15) is 9.00 Å². The molecule has 3 heterocycles. The van der Waals surface area contributed by atoms with Crippen LogP contribution >= 0.6 is 11.6 Å². The maximum Gasteiger partial charge on any atom is 0.262 e. The van der Waals surface area contributed by atoms with Crippen molar-refractivity contribution in [1.82, 2.24) is 9.62 Å². The molecule has 1 saturated carbocycles. The minimum absolute atomic E-state index is 0.0167. The second-order valence-corrected chi connectivity index (χ2v) is 18.4. The van der Waals surface area contributed by atoms with Gasteiger partial charge in [0, 0.05) is 54.0 Å². The summed E-state index contributed by atoms with van der Waals surface area (Å²) in [4.78, 5) is 18.7. The van der Waals surface area contributed by atoms with Gasteiger partial charge in [-0.3, -0.25) is 14.4 Å². The summed E-state index contributed by atoms with van der Waals surface area (Å²) in [5.74, 6) is 5.41. The van der Waals surface area contributed by atoms with E-state index in [0.29, 0.717) is 30.6 Å². The van der Waals surface area contributed by atoms with Crippen LogP contribution in [0.1, 0.15) is 67.9 Å². The number of aryl methyl sites for hydroxylation is 1. The van der Waals surface area contributed by atoms with Gasteiger partial charge in [0.25, 0.3) is 5.91 Å². The highest BCUT2D eigenvalue weighted by atomic mass is 35.5. The number of nitrogens with zero attached hydrogens (tertiary/aromatic N) is 2. The van der Waals surface area contributed by atoms with E-state index in [1.807, 2.05) is 25.1 Å². The van der Waals surface area contributed by atoms with Gasteiger partial charge in [-0.1, -0.05) is 43.7 Å². The highest BCUT2D eigenvalue weighted by Crippen LogP contribution is 2.47. The van der Waals surface area contributed by atoms with Crippen LogP contribution < -0.4 is 14.4 Å². The van der Waals surface area contributed by atoms with Crippen molar-refractivity contribution >= 4 is 38.8 Å². The van der Waals surface area contributed by atoms with Gasteiger partial charge in [0.1, 0.15) is 5.75 Å². The number of nitrogens with one attached hydrogen (secondary N) is 1. The van der Waals surface area contributed by atoms with Crippen molar-refractivity contribution in [2.24, 2.45) is 23.7 Å². The molecule has 2 aromatic carbocycles. The molecular formula is C40H54ClN3O5S. The van der Waals surface area contributed by atoms with Gasteiger partial charge in [-0.25, -0.2) is 4.21 Å². The fraction of sp³-hybridized carbons (Fsp3) is 0.600. The van der Waals surface area contributed by atoms with E-state index in [-0.39, 0.29) is 34.5 Å². The average molecular weight is 724 g/mol. The Balaban J connectivity index is 1.25. The van der Waals surface area contributed by atoms with Crippen LogP contribution in [0.4, 0.5) is 5.69 Å². The number of carbonyl (C=O) groups is 1. The lowest BCUT2D eigenvalue weighted by Gasteiger charge is -2.46. The van der Waals surface area contributed by atoms with Crippen LogP contribution in [0.2, 0.25) is 5.02 Å². The molecule has 1 amide bonds. The fourth-order valence-electron chi connectivity index (χ4n) is 8.80. The van der Waals surface area contributed by atoms with Crippen molar-refractivity contribution in [2.45, 2.75) is 69.6 Å². The van der Waals surface area contributed by atoms with Crippen LogP contribution in [0.15, 0.2) is 48.6 Å². The van der Waals surface area contributed by atoms with Crippen LogP contribution in [-0.2, 0) is 31.0 Å². The summed E-state index contributed by atoms with van der Waals surface area (Å²) >= 11 is 6.49. The highest BCUT2D eigenvalue weighted by Gasteiger charge is 2.44. The number of hydrogen-bond acceptors (Lipinski definition) is 7. The molecule has 10 heteroatoms. The molecule has 5 aliphatic rings. The van der Waals surface area contributed by atoms with E-state index in [0.717, 1.165) is 94.5 Å². The third kappa shape index (κ3) is 7.36. The molecule has 50 heavy (non-hydrogen) atoms. The van der Waals surface area contributed by atoms with E-state index >= 15 is 0 Å². The molecule has 8 nitrogen and oxygen atoms in total. The zero-order chi connectivity index (χ0) is 35.0. The maximum atomic E-state index is 14.0.